The number of aromatic nitrogens is 1. The van der Waals surface area contributed by atoms with Gasteiger partial charge in [0.25, 0.3) is 5.91 Å². The fraction of sp³-hybridized carbons (Fsp3) is 0.655. The highest BCUT2D eigenvalue weighted by atomic mass is 16.2. The zero-order valence-corrected chi connectivity index (χ0v) is 21.6. The van der Waals surface area contributed by atoms with Crippen molar-refractivity contribution in [2.24, 2.45) is 0 Å². The summed E-state index contributed by atoms with van der Waals surface area (Å²) in [5.41, 5.74) is 0.839. The Morgan fingerprint density at radius 3 is 2.49 bits per heavy atom. The largest absolute Gasteiger partial charge is 0.351 e. The molecule has 190 valence electrons. The number of para-hydroxylation sites is 1. The smallest absolute Gasteiger partial charge is 0.271 e. The quantitative estimate of drug-likeness (QED) is 0.612. The molecule has 2 amide bonds. The minimum absolute atomic E-state index is 0.00168. The number of carbonyl (C=O) groups excluding carboxylic acids is 2. The van der Waals surface area contributed by atoms with Crippen LogP contribution < -0.4 is 5.32 Å². The molecule has 0 bridgehead atoms. The molecule has 6 heteroatoms. The molecule has 1 aliphatic heterocycles. The summed E-state index contributed by atoms with van der Waals surface area (Å²) in [7, 11) is 2.22. The highest BCUT2D eigenvalue weighted by Gasteiger charge is 2.47. The average molecular weight is 479 g/mol. The normalized spacial score (nSPS) is 24.2. The number of carbonyl (C=O) groups is 2. The van der Waals surface area contributed by atoms with E-state index in [1.807, 2.05) is 30.0 Å². The average Bonchev–Trinajstić information content (AvgIpc) is 3.25. The third-order valence-electron chi connectivity index (χ3n) is 8.86. The van der Waals surface area contributed by atoms with Crippen LogP contribution >= 0.6 is 0 Å². The first-order chi connectivity index (χ1) is 17.0. The van der Waals surface area contributed by atoms with E-state index in [0.29, 0.717) is 24.8 Å². The van der Waals surface area contributed by atoms with Gasteiger partial charge in [-0.3, -0.25) is 9.59 Å². The first-order valence-electron chi connectivity index (χ1n) is 13.9. The Kier molecular flexibility index (Phi) is 7.19. The Balaban J connectivity index is 1.37. The molecule has 1 unspecified atom stereocenters. The van der Waals surface area contributed by atoms with Crippen LogP contribution in [0, 0.1) is 0 Å². The number of hydrogen-bond donors (Lipinski definition) is 1. The third-order valence-corrected chi connectivity index (χ3v) is 8.86. The van der Waals surface area contributed by atoms with Crippen molar-refractivity contribution in [3.8, 4) is 0 Å². The second-order valence-corrected chi connectivity index (χ2v) is 11.3. The second-order valence-electron chi connectivity index (χ2n) is 11.3. The van der Waals surface area contributed by atoms with Crippen molar-refractivity contribution in [2.75, 3.05) is 20.1 Å². The number of hydrogen-bond acceptors (Lipinski definition) is 3. The number of amides is 2. The maximum atomic E-state index is 13.9. The molecule has 2 saturated carbocycles. The second kappa shape index (κ2) is 10.3. The zero-order chi connectivity index (χ0) is 24.4. The summed E-state index contributed by atoms with van der Waals surface area (Å²) >= 11 is 0. The highest BCUT2D eigenvalue weighted by molar-refractivity contribution is 6.03. The van der Waals surface area contributed by atoms with Crippen molar-refractivity contribution in [1.29, 1.82) is 0 Å². The van der Waals surface area contributed by atoms with Gasteiger partial charge in [-0.2, -0.15) is 0 Å². The molecule has 0 radical (unpaired) electrons. The third kappa shape index (κ3) is 4.87. The first-order valence-corrected chi connectivity index (χ1v) is 13.9. The summed E-state index contributed by atoms with van der Waals surface area (Å²) in [5, 5.41) is 4.40. The van der Waals surface area contributed by atoms with E-state index in [-0.39, 0.29) is 17.9 Å². The van der Waals surface area contributed by atoms with Gasteiger partial charge >= 0.3 is 0 Å². The molecule has 6 nitrogen and oxygen atoms in total. The number of nitrogens with zero attached hydrogens (tertiary/aromatic N) is 3. The molecular weight excluding hydrogens is 436 g/mol. The van der Waals surface area contributed by atoms with Gasteiger partial charge in [-0.1, -0.05) is 56.7 Å². The van der Waals surface area contributed by atoms with Gasteiger partial charge < -0.3 is 19.7 Å². The van der Waals surface area contributed by atoms with E-state index in [9.17, 15) is 9.59 Å². The van der Waals surface area contributed by atoms with Gasteiger partial charge in [0.2, 0.25) is 5.91 Å². The molecule has 3 aliphatic rings. The lowest BCUT2D eigenvalue weighted by Crippen LogP contribution is -2.65. The Bertz CT molecular complexity index is 1050. The number of fused-ring (bicyclic) bond motifs is 3. The maximum Gasteiger partial charge on any atom is 0.271 e. The van der Waals surface area contributed by atoms with Crippen LogP contribution in [0.1, 0.15) is 88.0 Å². The van der Waals surface area contributed by atoms with Crippen molar-refractivity contribution in [3.63, 3.8) is 0 Å². The first kappa shape index (κ1) is 24.4. The monoisotopic (exact) mass is 478 g/mol. The van der Waals surface area contributed by atoms with Crippen molar-refractivity contribution in [1.82, 2.24) is 19.7 Å². The minimum Gasteiger partial charge on any atom is -0.351 e. The van der Waals surface area contributed by atoms with Crippen LogP contribution in [-0.2, 0) is 11.3 Å². The van der Waals surface area contributed by atoms with Crippen molar-refractivity contribution >= 4 is 22.7 Å². The van der Waals surface area contributed by atoms with Gasteiger partial charge in [-0.05, 0) is 64.8 Å². The van der Waals surface area contributed by atoms with Crippen molar-refractivity contribution < 1.29 is 9.59 Å². The fourth-order valence-corrected chi connectivity index (χ4v) is 6.63. The van der Waals surface area contributed by atoms with Gasteiger partial charge in [0.15, 0.2) is 0 Å². The van der Waals surface area contributed by atoms with Crippen LogP contribution in [0.5, 0.6) is 0 Å². The van der Waals surface area contributed by atoms with E-state index in [4.69, 9.17) is 0 Å². The van der Waals surface area contributed by atoms with Crippen LogP contribution in [0.25, 0.3) is 10.9 Å². The lowest BCUT2D eigenvalue weighted by atomic mass is 9.91. The predicted molar refractivity (Wildman–Crippen MR) is 141 cm³/mol. The standard InChI is InChI=1S/C29H42N4O2/c1-29(28(35)30-23-13-5-3-6-14-23)21-32-25-17-10-9-12-22(25)20-26(32)27(34)33(29)19-11-18-31(2)24-15-7-4-8-16-24/h9-10,12,17,20,23-24H,3-8,11,13-16,18-19,21H2,1-2H3,(H,30,35). The van der Waals surface area contributed by atoms with Crippen LogP contribution in [0.4, 0.5) is 0 Å². The molecule has 2 aliphatic carbocycles. The van der Waals surface area contributed by atoms with Gasteiger partial charge in [0, 0.05) is 29.5 Å². The number of benzene rings is 1. The van der Waals surface area contributed by atoms with Crippen molar-refractivity contribution in [2.45, 2.75) is 102 Å². The predicted octanol–water partition coefficient (Wildman–Crippen LogP) is 4.96. The van der Waals surface area contributed by atoms with Crippen molar-refractivity contribution in [3.05, 3.63) is 36.0 Å². The fourth-order valence-electron chi connectivity index (χ4n) is 6.63. The molecule has 2 aromatic rings. The lowest BCUT2D eigenvalue weighted by Gasteiger charge is -2.45. The minimum atomic E-state index is -0.896. The molecular formula is C29H42N4O2. The lowest BCUT2D eigenvalue weighted by molar-refractivity contribution is -0.133. The van der Waals surface area contributed by atoms with E-state index in [2.05, 4.69) is 34.0 Å². The molecule has 1 aromatic carbocycles. The summed E-state index contributed by atoms with van der Waals surface area (Å²) in [6, 6.07) is 11.0. The van der Waals surface area contributed by atoms with E-state index in [1.54, 1.807) is 0 Å². The highest BCUT2D eigenvalue weighted by Crippen LogP contribution is 2.33. The molecule has 35 heavy (non-hydrogen) atoms. The van der Waals surface area contributed by atoms with Gasteiger partial charge in [-0.25, -0.2) is 0 Å². The van der Waals surface area contributed by atoms with Crippen LogP contribution in [-0.4, -0.2) is 63.9 Å². The topological polar surface area (TPSA) is 57.6 Å². The summed E-state index contributed by atoms with van der Waals surface area (Å²) in [4.78, 5) is 32.1. The Hall–Kier alpha value is -2.34. The van der Waals surface area contributed by atoms with E-state index >= 15 is 0 Å². The summed E-state index contributed by atoms with van der Waals surface area (Å²) in [5.74, 6) is -0.0177. The molecule has 0 spiro atoms. The molecule has 1 atom stereocenters. The molecule has 2 fully saturated rings. The maximum absolute atomic E-state index is 13.9. The Labute approximate surface area is 210 Å². The molecule has 1 N–H and O–H groups in total. The zero-order valence-electron chi connectivity index (χ0n) is 21.6. The Morgan fingerprint density at radius 2 is 1.74 bits per heavy atom. The molecule has 2 heterocycles. The van der Waals surface area contributed by atoms with Gasteiger partial charge in [0.05, 0.1) is 6.54 Å². The van der Waals surface area contributed by atoms with E-state index in [0.717, 1.165) is 36.7 Å². The van der Waals surface area contributed by atoms with E-state index < -0.39 is 5.54 Å². The van der Waals surface area contributed by atoms with Crippen LogP contribution in [0.15, 0.2) is 30.3 Å². The number of rotatable bonds is 7. The SMILES string of the molecule is CN(CCCN1C(=O)c2cc3ccccc3n2CC1(C)C(=O)NC1CCCCC1)C1CCCCC1. The molecule has 1 aromatic heterocycles. The number of nitrogens with one attached hydrogen (secondary N) is 1. The van der Waals surface area contributed by atoms with Crippen LogP contribution in [0.2, 0.25) is 0 Å². The van der Waals surface area contributed by atoms with Gasteiger partial charge in [-0.15, -0.1) is 0 Å². The summed E-state index contributed by atoms with van der Waals surface area (Å²) < 4.78 is 2.07. The summed E-state index contributed by atoms with van der Waals surface area (Å²) in [6.07, 6.45) is 13.1. The van der Waals surface area contributed by atoms with Gasteiger partial charge in [0.1, 0.15) is 11.2 Å². The van der Waals surface area contributed by atoms with E-state index in [1.165, 1.54) is 51.4 Å². The molecule has 5 rings (SSSR count). The Morgan fingerprint density at radius 1 is 1.06 bits per heavy atom. The van der Waals surface area contributed by atoms with Crippen LogP contribution in [0.3, 0.4) is 0 Å². The molecule has 0 saturated heterocycles. The summed E-state index contributed by atoms with van der Waals surface area (Å²) in [6.45, 7) is 4.04.